The number of ketones is 1. The van der Waals surface area contributed by atoms with Crippen LogP contribution in [0, 0.1) is 15.9 Å². The van der Waals surface area contributed by atoms with Gasteiger partial charge in [-0.1, -0.05) is 0 Å². The van der Waals surface area contributed by atoms with Crippen molar-refractivity contribution in [2.75, 3.05) is 0 Å². The van der Waals surface area contributed by atoms with E-state index in [9.17, 15) is 19.3 Å². The molecule has 0 saturated heterocycles. The van der Waals surface area contributed by atoms with Crippen molar-refractivity contribution in [2.24, 2.45) is 0 Å². The van der Waals surface area contributed by atoms with Crippen LogP contribution in [0.4, 0.5) is 10.3 Å². The third-order valence-electron chi connectivity index (χ3n) is 2.88. The lowest BCUT2D eigenvalue weighted by atomic mass is 10.1. The van der Waals surface area contributed by atoms with Gasteiger partial charge in [0.1, 0.15) is 10.7 Å². The fourth-order valence-corrected chi connectivity index (χ4v) is 1.96. The van der Waals surface area contributed by atoms with Crippen molar-refractivity contribution in [2.45, 2.75) is 0 Å². The van der Waals surface area contributed by atoms with Crippen LogP contribution in [0.15, 0.2) is 40.9 Å². The molecule has 3 rings (SSSR count). The standard InChI is InChI=1S/C13H7FN2O4/c14-7-1-2-10-8(5-7)9(6-15-10)13(17)11-3-4-12(20-11)16(18)19/h1-6,15H. The highest BCUT2D eigenvalue weighted by atomic mass is 19.1. The number of halogens is 1. The molecule has 6 nitrogen and oxygen atoms in total. The molecule has 0 aliphatic carbocycles. The summed E-state index contributed by atoms with van der Waals surface area (Å²) in [6, 6.07) is 6.31. The van der Waals surface area contributed by atoms with Gasteiger partial charge >= 0.3 is 5.88 Å². The monoisotopic (exact) mass is 274 g/mol. The lowest BCUT2D eigenvalue weighted by molar-refractivity contribution is -0.402. The van der Waals surface area contributed by atoms with Gasteiger partial charge in [-0.3, -0.25) is 14.9 Å². The summed E-state index contributed by atoms with van der Waals surface area (Å²) in [4.78, 5) is 24.8. The molecule has 0 saturated carbocycles. The van der Waals surface area contributed by atoms with Crippen LogP contribution in [0.3, 0.4) is 0 Å². The van der Waals surface area contributed by atoms with Crippen molar-refractivity contribution >= 4 is 22.6 Å². The van der Waals surface area contributed by atoms with Gasteiger partial charge in [-0.15, -0.1) is 0 Å². The van der Waals surface area contributed by atoms with Crippen molar-refractivity contribution in [3.63, 3.8) is 0 Å². The molecule has 1 N–H and O–H groups in total. The van der Waals surface area contributed by atoms with E-state index in [0.29, 0.717) is 10.9 Å². The quantitative estimate of drug-likeness (QED) is 0.451. The van der Waals surface area contributed by atoms with E-state index in [1.165, 1.54) is 30.5 Å². The first-order valence-electron chi connectivity index (χ1n) is 5.62. The summed E-state index contributed by atoms with van der Waals surface area (Å²) in [6.45, 7) is 0. The predicted octanol–water partition coefficient (Wildman–Crippen LogP) is 3.04. The Balaban J connectivity index is 2.07. The van der Waals surface area contributed by atoms with Crippen molar-refractivity contribution in [3.05, 3.63) is 63.8 Å². The molecule has 2 heterocycles. The second-order valence-corrected chi connectivity index (χ2v) is 4.12. The molecule has 0 bridgehead atoms. The van der Waals surface area contributed by atoms with Gasteiger partial charge in [-0.25, -0.2) is 4.39 Å². The van der Waals surface area contributed by atoms with Crippen LogP contribution in [0.1, 0.15) is 16.1 Å². The lowest BCUT2D eigenvalue weighted by Crippen LogP contribution is -1.98. The number of aromatic amines is 1. The summed E-state index contributed by atoms with van der Waals surface area (Å²) in [5.41, 5.74) is 0.791. The second kappa shape index (κ2) is 4.30. The molecule has 20 heavy (non-hydrogen) atoms. The molecule has 3 aromatic rings. The van der Waals surface area contributed by atoms with Crippen LogP contribution in [0.25, 0.3) is 10.9 Å². The minimum Gasteiger partial charge on any atom is -0.397 e. The maximum atomic E-state index is 13.2. The van der Waals surface area contributed by atoms with E-state index >= 15 is 0 Å². The van der Waals surface area contributed by atoms with Gasteiger partial charge in [-0.05, 0) is 24.3 Å². The Morgan fingerprint density at radius 3 is 2.80 bits per heavy atom. The third-order valence-corrected chi connectivity index (χ3v) is 2.88. The molecule has 0 aliphatic rings. The summed E-state index contributed by atoms with van der Waals surface area (Å²) >= 11 is 0. The number of nitro groups is 1. The average Bonchev–Trinajstić information content (AvgIpc) is 3.04. The van der Waals surface area contributed by atoms with Gasteiger partial charge in [0.2, 0.25) is 5.78 Å². The molecule has 0 fully saturated rings. The second-order valence-electron chi connectivity index (χ2n) is 4.12. The zero-order valence-electron chi connectivity index (χ0n) is 9.92. The van der Waals surface area contributed by atoms with E-state index < -0.39 is 22.4 Å². The maximum Gasteiger partial charge on any atom is 0.433 e. The number of fused-ring (bicyclic) bond motifs is 1. The van der Waals surface area contributed by atoms with E-state index in [1.807, 2.05) is 0 Å². The Kier molecular flexibility index (Phi) is 2.60. The first-order valence-corrected chi connectivity index (χ1v) is 5.62. The van der Waals surface area contributed by atoms with E-state index in [0.717, 1.165) is 6.07 Å². The van der Waals surface area contributed by atoms with Crippen LogP contribution >= 0.6 is 0 Å². The summed E-state index contributed by atoms with van der Waals surface area (Å²) in [6.07, 6.45) is 1.42. The highest BCUT2D eigenvalue weighted by Gasteiger charge is 2.21. The van der Waals surface area contributed by atoms with Crippen molar-refractivity contribution < 1.29 is 18.5 Å². The Labute approximate surface area is 111 Å². The maximum absolute atomic E-state index is 13.2. The highest BCUT2D eigenvalue weighted by molar-refractivity contribution is 6.15. The number of furan rings is 1. The zero-order chi connectivity index (χ0) is 14.3. The summed E-state index contributed by atoms with van der Waals surface area (Å²) < 4.78 is 18.1. The Bertz CT molecular complexity index is 834. The fraction of sp³-hybridized carbons (Fsp3) is 0. The van der Waals surface area contributed by atoms with Crippen molar-refractivity contribution in [1.29, 1.82) is 0 Å². The first kappa shape index (κ1) is 12.1. The number of carbonyl (C=O) groups is 1. The van der Waals surface area contributed by atoms with Gasteiger partial charge in [0.25, 0.3) is 0 Å². The number of nitrogens with one attached hydrogen (secondary N) is 1. The van der Waals surface area contributed by atoms with Crippen LogP contribution in [0.5, 0.6) is 0 Å². The molecule has 7 heteroatoms. The van der Waals surface area contributed by atoms with Gasteiger partial charge in [-0.2, -0.15) is 0 Å². The smallest absolute Gasteiger partial charge is 0.397 e. The SMILES string of the molecule is O=C(c1ccc([N+](=O)[O-])o1)c1c[nH]c2ccc(F)cc12. The number of carbonyl (C=O) groups excluding carboxylic acids is 1. The third kappa shape index (κ3) is 1.85. The number of benzene rings is 1. The van der Waals surface area contributed by atoms with Crippen LogP contribution < -0.4 is 0 Å². The van der Waals surface area contributed by atoms with Crippen molar-refractivity contribution in [3.8, 4) is 0 Å². The number of hydrogen-bond acceptors (Lipinski definition) is 4. The minimum absolute atomic E-state index is 0.165. The molecule has 0 aliphatic heterocycles. The highest BCUT2D eigenvalue weighted by Crippen LogP contribution is 2.24. The summed E-state index contributed by atoms with van der Waals surface area (Å²) in [7, 11) is 0. The molecule has 0 radical (unpaired) electrons. The number of hydrogen-bond donors (Lipinski definition) is 1. The molecule has 1 aromatic carbocycles. The van der Waals surface area contributed by atoms with Gasteiger partial charge in [0, 0.05) is 17.1 Å². The normalized spacial score (nSPS) is 10.8. The lowest BCUT2D eigenvalue weighted by Gasteiger charge is -1.95. The predicted molar refractivity (Wildman–Crippen MR) is 67.1 cm³/mol. The Morgan fingerprint density at radius 1 is 1.30 bits per heavy atom. The molecular weight excluding hydrogens is 267 g/mol. The molecule has 100 valence electrons. The summed E-state index contributed by atoms with van der Waals surface area (Å²) in [5.74, 6) is -1.70. The zero-order valence-corrected chi connectivity index (χ0v) is 9.92. The Morgan fingerprint density at radius 2 is 2.10 bits per heavy atom. The number of rotatable bonds is 3. The Hall–Kier alpha value is -2.96. The molecule has 0 spiro atoms. The fourth-order valence-electron chi connectivity index (χ4n) is 1.96. The molecule has 0 atom stereocenters. The molecule has 2 aromatic heterocycles. The first-order chi connectivity index (χ1) is 9.56. The van der Waals surface area contributed by atoms with Crippen LogP contribution in [-0.2, 0) is 0 Å². The van der Waals surface area contributed by atoms with Crippen LogP contribution in [0.2, 0.25) is 0 Å². The van der Waals surface area contributed by atoms with E-state index in [2.05, 4.69) is 4.98 Å². The molecular formula is C13H7FN2O4. The van der Waals surface area contributed by atoms with Gasteiger partial charge in [0.05, 0.1) is 11.6 Å². The summed E-state index contributed by atoms with van der Waals surface area (Å²) in [5, 5.41) is 10.9. The van der Waals surface area contributed by atoms with Crippen molar-refractivity contribution in [1.82, 2.24) is 4.98 Å². The number of H-pyrrole nitrogens is 1. The minimum atomic E-state index is -0.730. The number of nitrogens with zero attached hydrogens (tertiary/aromatic N) is 1. The van der Waals surface area contributed by atoms with E-state index in [-0.39, 0.29) is 11.3 Å². The topological polar surface area (TPSA) is 89.1 Å². The number of aromatic nitrogens is 1. The average molecular weight is 274 g/mol. The van der Waals surface area contributed by atoms with Crippen LogP contribution in [-0.4, -0.2) is 15.7 Å². The largest absolute Gasteiger partial charge is 0.433 e. The molecule has 0 amide bonds. The van der Waals surface area contributed by atoms with Gasteiger partial charge < -0.3 is 9.40 Å². The molecule has 0 unspecified atom stereocenters. The van der Waals surface area contributed by atoms with E-state index in [4.69, 9.17) is 4.42 Å². The van der Waals surface area contributed by atoms with Gasteiger partial charge in [0.15, 0.2) is 5.76 Å². The van der Waals surface area contributed by atoms with E-state index in [1.54, 1.807) is 0 Å².